The fourth-order valence-corrected chi connectivity index (χ4v) is 5.05. The number of hydrogen-bond acceptors (Lipinski definition) is 4. The van der Waals surface area contributed by atoms with Gasteiger partial charge in [0.2, 0.25) is 5.91 Å². The summed E-state index contributed by atoms with van der Waals surface area (Å²) in [5.74, 6) is 1.01. The zero-order chi connectivity index (χ0) is 17.2. The molecule has 0 spiro atoms. The van der Waals surface area contributed by atoms with Crippen LogP contribution in [-0.4, -0.2) is 45.0 Å². The number of imidazole rings is 1. The van der Waals surface area contributed by atoms with Gasteiger partial charge in [-0.15, -0.1) is 0 Å². The number of nitrogens with zero attached hydrogens (tertiary/aromatic N) is 1. The zero-order valence-corrected chi connectivity index (χ0v) is 14.6. The number of urea groups is 1. The summed E-state index contributed by atoms with van der Waals surface area (Å²) >= 11 is 1.91. The summed E-state index contributed by atoms with van der Waals surface area (Å²) in [6, 6.07) is 6.11. The predicted octanol–water partition coefficient (Wildman–Crippen LogP) is 2.23. The molecule has 2 aromatic rings. The lowest BCUT2D eigenvalue weighted by Crippen LogP contribution is -2.36. The molecule has 2 aliphatic heterocycles. The van der Waals surface area contributed by atoms with Crippen LogP contribution in [0.1, 0.15) is 25.7 Å². The average molecular weight is 359 g/mol. The third-order valence-electron chi connectivity index (χ3n) is 4.78. The Morgan fingerprint density at radius 2 is 2.24 bits per heavy atom. The maximum absolute atomic E-state index is 12.1. The molecular weight excluding hydrogens is 338 g/mol. The molecule has 0 saturated carbocycles. The number of hydrogen-bond donors (Lipinski definition) is 4. The average Bonchev–Trinajstić information content (AvgIpc) is 3.27. The van der Waals surface area contributed by atoms with Crippen molar-refractivity contribution in [2.75, 3.05) is 11.1 Å². The Balaban J connectivity index is 1.19. The van der Waals surface area contributed by atoms with E-state index < -0.39 is 0 Å². The van der Waals surface area contributed by atoms with E-state index in [1.165, 1.54) is 0 Å². The van der Waals surface area contributed by atoms with Crippen molar-refractivity contribution in [2.24, 2.45) is 0 Å². The number of rotatable bonds is 6. The largest absolute Gasteiger partial charge is 0.345 e. The summed E-state index contributed by atoms with van der Waals surface area (Å²) in [5, 5.41) is 9.34. The molecule has 3 heterocycles. The number of thioether (sulfide) groups is 1. The maximum atomic E-state index is 12.1. The molecular formula is C17H21N5O2S. The van der Waals surface area contributed by atoms with E-state index in [1.807, 2.05) is 30.0 Å². The number of benzene rings is 1. The lowest BCUT2D eigenvalue weighted by molar-refractivity contribution is -0.116. The highest BCUT2D eigenvalue weighted by Crippen LogP contribution is 2.33. The normalized spacial score (nSPS) is 24.8. The van der Waals surface area contributed by atoms with Gasteiger partial charge in [-0.2, -0.15) is 11.8 Å². The lowest BCUT2D eigenvalue weighted by Gasteiger charge is -2.16. The second kappa shape index (κ2) is 6.95. The molecule has 0 aliphatic carbocycles. The van der Waals surface area contributed by atoms with Gasteiger partial charge in [0.25, 0.3) is 0 Å². The Morgan fingerprint density at radius 3 is 3.16 bits per heavy atom. The summed E-state index contributed by atoms with van der Waals surface area (Å²) < 4.78 is 0. The number of carbonyl (C=O) groups excluding carboxylic acids is 2. The Labute approximate surface area is 149 Å². The zero-order valence-electron chi connectivity index (χ0n) is 13.7. The highest BCUT2D eigenvalue weighted by atomic mass is 32.2. The molecule has 7 nitrogen and oxygen atoms in total. The molecule has 2 saturated heterocycles. The van der Waals surface area contributed by atoms with Gasteiger partial charge in [0, 0.05) is 23.1 Å². The molecule has 3 atom stereocenters. The molecule has 0 bridgehead atoms. The number of anilines is 1. The van der Waals surface area contributed by atoms with E-state index in [4.69, 9.17) is 0 Å². The van der Waals surface area contributed by atoms with Gasteiger partial charge in [-0.05, 0) is 31.0 Å². The highest BCUT2D eigenvalue weighted by Gasteiger charge is 2.42. The summed E-state index contributed by atoms with van der Waals surface area (Å²) in [4.78, 5) is 30.7. The first-order valence-corrected chi connectivity index (χ1v) is 9.65. The first kappa shape index (κ1) is 16.3. The SMILES string of the molecule is O=C(CCCC[C@@H]1SC[C@@H]2NC(=O)N[C@@H]21)Nc1ccc2nc[nH]c2c1. The van der Waals surface area contributed by atoms with Crippen LogP contribution in [0.5, 0.6) is 0 Å². The van der Waals surface area contributed by atoms with Crippen molar-refractivity contribution in [3.05, 3.63) is 24.5 Å². The molecule has 2 fully saturated rings. The van der Waals surface area contributed by atoms with Crippen LogP contribution in [0.3, 0.4) is 0 Å². The molecule has 1 aromatic carbocycles. The van der Waals surface area contributed by atoms with Gasteiger partial charge in [-0.3, -0.25) is 4.79 Å². The highest BCUT2D eigenvalue weighted by molar-refractivity contribution is 8.00. The van der Waals surface area contributed by atoms with Crippen molar-refractivity contribution in [2.45, 2.75) is 43.0 Å². The van der Waals surface area contributed by atoms with Crippen molar-refractivity contribution in [1.29, 1.82) is 0 Å². The number of H-pyrrole nitrogens is 1. The quantitative estimate of drug-likeness (QED) is 0.469. The Morgan fingerprint density at radius 1 is 1.32 bits per heavy atom. The van der Waals surface area contributed by atoms with E-state index in [2.05, 4.69) is 25.9 Å². The minimum Gasteiger partial charge on any atom is -0.345 e. The Kier molecular flexibility index (Phi) is 4.52. The number of amides is 3. The molecule has 0 radical (unpaired) electrons. The Bertz CT molecular complexity index is 792. The molecule has 0 unspecified atom stereocenters. The monoisotopic (exact) mass is 359 g/mol. The van der Waals surface area contributed by atoms with Crippen LogP contribution in [0, 0.1) is 0 Å². The number of carbonyl (C=O) groups is 2. The van der Waals surface area contributed by atoms with Crippen LogP contribution in [0.2, 0.25) is 0 Å². The predicted molar refractivity (Wildman–Crippen MR) is 98.7 cm³/mol. The van der Waals surface area contributed by atoms with Crippen molar-refractivity contribution >= 4 is 40.4 Å². The number of nitrogens with one attached hydrogen (secondary N) is 4. The smallest absolute Gasteiger partial charge is 0.315 e. The number of fused-ring (bicyclic) bond motifs is 2. The van der Waals surface area contributed by atoms with E-state index in [1.54, 1.807) is 6.33 Å². The number of unbranched alkanes of at least 4 members (excludes halogenated alkanes) is 1. The third-order valence-corrected chi connectivity index (χ3v) is 6.29. The maximum Gasteiger partial charge on any atom is 0.315 e. The number of aromatic amines is 1. The molecule has 8 heteroatoms. The van der Waals surface area contributed by atoms with Gasteiger partial charge < -0.3 is 20.9 Å². The van der Waals surface area contributed by atoms with Gasteiger partial charge in [-0.1, -0.05) is 6.42 Å². The van der Waals surface area contributed by atoms with Crippen LogP contribution in [0.4, 0.5) is 10.5 Å². The summed E-state index contributed by atoms with van der Waals surface area (Å²) in [6.45, 7) is 0. The van der Waals surface area contributed by atoms with Gasteiger partial charge in [0.1, 0.15) is 0 Å². The van der Waals surface area contributed by atoms with Gasteiger partial charge in [0.05, 0.1) is 29.4 Å². The summed E-state index contributed by atoms with van der Waals surface area (Å²) in [7, 11) is 0. The molecule has 132 valence electrons. The summed E-state index contributed by atoms with van der Waals surface area (Å²) in [5.41, 5.74) is 2.59. The standard InChI is InChI=1S/C17H21N5O2S/c23-15(20-10-5-6-11-12(7-10)19-9-18-11)4-2-1-3-14-16-13(8-25-14)21-17(24)22-16/h5-7,9,13-14,16H,1-4,8H2,(H,18,19)(H,20,23)(H2,21,22,24)/t13-,14-,16-/m0/s1. The fraction of sp³-hybridized carbons (Fsp3) is 0.471. The second-order valence-electron chi connectivity index (χ2n) is 6.55. The molecule has 3 amide bonds. The van der Waals surface area contributed by atoms with Gasteiger partial charge in [-0.25, -0.2) is 9.78 Å². The topological polar surface area (TPSA) is 98.9 Å². The van der Waals surface area contributed by atoms with E-state index in [9.17, 15) is 9.59 Å². The van der Waals surface area contributed by atoms with Crippen molar-refractivity contribution < 1.29 is 9.59 Å². The van der Waals surface area contributed by atoms with E-state index in [0.29, 0.717) is 11.7 Å². The van der Waals surface area contributed by atoms with E-state index >= 15 is 0 Å². The minimum atomic E-state index is -0.0473. The molecule has 25 heavy (non-hydrogen) atoms. The van der Waals surface area contributed by atoms with Crippen molar-refractivity contribution in [1.82, 2.24) is 20.6 Å². The second-order valence-corrected chi connectivity index (χ2v) is 7.82. The molecule has 4 N–H and O–H groups in total. The molecule has 4 rings (SSSR count). The third kappa shape index (κ3) is 3.58. The van der Waals surface area contributed by atoms with Crippen LogP contribution in [0.25, 0.3) is 11.0 Å². The van der Waals surface area contributed by atoms with Gasteiger partial charge >= 0.3 is 6.03 Å². The minimum absolute atomic E-state index is 0.0339. The van der Waals surface area contributed by atoms with Crippen molar-refractivity contribution in [3.8, 4) is 0 Å². The number of aromatic nitrogens is 2. The molecule has 2 aliphatic rings. The van der Waals surface area contributed by atoms with Crippen LogP contribution < -0.4 is 16.0 Å². The van der Waals surface area contributed by atoms with Gasteiger partial charge in [0.15, 0.2) is 0 Å². The van der Waals surface area contributed by atoms with E-state index in [0.717, 1.165) is 41.7 Å². The first-order valence-electron chi connectivity index (χ1n) is 8.61. The molecule has 1 aromatic heterocycles. The lowest BCUT2D eigenvalue weighted by atomic mass is 10.0. The first-order chi connectivity index (χ1) is 12.2. The summed E-state index contributed by atoms with van der Waals surface area (Å²) in [6.07, 6.45) is 5.03. The van der Waals surface area contributed by atoms with E-state index in [-0.39, 0.29) is 24.0 Å². The van der Waals surface area contributed by atoms with Crippen LogP contribution >= 0.6 is 11.8 Å². The van der Waals surface area contributed by atoms with Crippen LogP contribution in [0.15, 0.2) is 24.5 Å². The van der Waals surface area contributed by atoms with Crippen LogP contribution in [-0.2, 0) is 4.79 Å². The Hall–Kier alpha value is -2.22. The fourth-order valence-electron chi connectivity index (χ4n) is 3.51. The van der Waals surface area contributed by atoms with Crippen molar-refractivity contribution in [3.63, 3.8) is 0 Å².